The molecular weight excluding hydrogens is 344 g/mol. The van der Waals surface area contributed by atoms with E-state index in [2.05, 4.69) is 4.72 Å². The van der Waals surface area contributed by atoms with Crippen LogP contribution in [0, 0.1) is 17.0 Å². The van der Waals surface area contributed by atoms with Crippen molar-refractivity contribution in [3.05, 3.63) is 58.1 Å². The van der Waals surface area contributed by atoms with Crippen LogP contribution in [0.15, 0.2) is 47.4 Å². The lowest BCUT2D eigenvalue weighted by molar-refractivity contribution is -0.385. The standard InChI is InChI=1S/C17H20N2O5S/c1-12-6-5-7-13(10-12)24-16-9-8-14(11-15(16)19(20)21)25(22,23)18-17(2,3)4/h5-11,18H,1-4H3. The van der Waals surface area contributed by atoms with Gasteiger partial charge in [-0.2, -0.15) is 0 Å². The maximum atomic E-state index is 12.4. The van der Waals surface area contributed by atoms with Crippen molar-refractivity contribution in [2.24, 2.45) is 0 Å². The van der Waals surface area contributed by atoms with Gasteiger partial charge in [-0.1, -0.05) is 12.1 Å². The second kappa shape index (κ2) is 6.81. The molecule has 0 unspecified atom stereocenters. The van der Waals surface area contributed by atoms with Crippen LogP contribution in [0.1, 0.15) is 26.3 Å². The van der Waals surface area contributed by atoms with E-state index in [9.17, 15) is 18.5 Å². The molecule has 0 saturated carbocycles. The number of hydrogen-bond acceptors (Lipinski definition) is 5. The molecule has 2 rings (SSSR count). The Morgan fingerprint density at radius 2 is 1.80 bits per heavy atom. The quantitative estimate of drug-likeness (QED) is 0.643. The van der Waals surface area contributed by atoms with Gasteiger partial charge in [-0.05, 0) is 57.5 Å². The number of sulfonamides is 1. The molecule has 0 amide bonds. The summed E-state index contributed by atoms with van der Waals surface area (Å²) in [4.78, 5) is 10.5. The summed E-state index contributed by atoms with van der Waals surface area (Å²) in [6.07, 6.45) is 0. The number of nitro groups is 1. The van der Waals surface area contributed by atoms with Crippen molar-refractivity contribution < 1.29 is 18.1 Å². The average molecular weight is 364 g/mol. The van der Waals surface area contributed by atoms with Gasteiger partial charge in [-0.15, -0.1) is 0 Å². The van der Waals surface area contributed by atoms with E-state index in [1.54, 1.807) is 39.0 Å². The lowest BCUT2D eigenvalue weighted by Crippen LogP contribution is -2.40. The van der Waals surface area contributed by atoms with Crippen LogP contribution >= 0.6 is 0 Å². The molecule has 8 heteroatoms. The van der Waals surface area contributed by atoms with Crippen LogP contribution in [0.4, 0.5) is 5.69 Å². The summed E-state index contributed by atoms with van der Waals surface area (Å²) in [7, 11) is -3.88. The second-order valence-electron chi connectivity index (χ2n) is 6.66. The Morgan fingerprint density at radius 3 is 2.36 bits per heavy atom. The van der Waals surface area contributed by atoms with E-state index in [1.807, 2.05) is 13.0 Å². The molecule has 1 N–H and O–H groups in total. The summed E-state index contributed by atoms with van der Waals surface area (Å²) in [6.45, 7) is 6.94. The smallest absolute Gasteiger partial charge is 0.312 e. The van der Waals surface area contributed by atoms with Gasteiger partial charge in [-0.25, -0.2) is 13.1 Å². The van der Waals surface area contributed by atoms with E-state index < -0.39 is 26.2 Å². The molecule has 0 atom stereocenters. The maximum absolute atomic E-state index is 12.4. The number of aryl methyl sites for hydroxylation is 1. The van der Waals surface area contributed by atoms with Gasteiger partial charge < -0.3 is 4.74 Å². The number of rotatable bonds is 5. The van der Waals surface area contributed by atoms with Gasteiger partial charge in [-0.3, -0.25) is 10.1 Å². The lowest BCUT2D eigenvalue weighted by atomic mass is 10.1. The Balaban J connectivity index is 2.43. The number of nitrogens with one attached hydrogen (secondary N) is 1. The van der Waals surface area contributed by atoms with Gasteiger partial charge in [0, 0.05) is 11.6 Å². The summed E-state index contributed by atoms with van der Waals surface area (Å²) in [5.74, 6) is 0.414. The molecule has 25 heavy (non-hydrogen) atoms. The third-order valence-corrected chi connectivity index (χ3v) is 4.85. The molecule has 7 nitrogen and oxygen atoms in total. The molecule has 0 aliphatic heterocycles. The van der Waals surface area contributed by atoms with Gasteiger partial charge >= 0.3 is 5.69 Å². The van der Waals surface area contributed by atoms with Crippen LogP contribution in [0.25, 0.3) is 0 Å². The maximum Gasteiger partial charge on any atom is 0.312 e. The number of ether oxygens (including phenoxy) is 1. The van der Waals surface area contributed by atoms with Gasteiger partial charge in [0.2, 0.25) is 15.8 Å². The van der Waals surface area contributed by atoms with E-state index in [4.69, 9.17) is 4.74 Å². The summed E-state index contributed by atoms with van der Waals surface area (Å²) < 4.78 is 32.8. The summed E-state index contributed by atoms with van der Waals surface area (Å²) in [5.41, 5.74) is -0.184. The van der Waals surface area contributed by atoms with Gasteiger partial charge in [0.05, 0.1) is 9.82 Å². The average Bonchev–Trinajstić information content (AvgIpc) is 2.44. The van der Waals surface area contributed by atoms with Crippen LogP contribution in [0.3, 0.4) is 0 Å². The van der Waals surface area contributed by atoms with Crippen LogP contribution in [0.2, 0.25) is 0 Å². The first kappa shape index (κ1) is 18.9. The van der Waals surface area contributed by atoms with Crippen molar-refractivity contribution in [2.45, 2.75) is 38.1 Å². The van der Waals surface area contributed by atoms with Crippen molar-refractivity contribution in [3.8, 4) is 11.5 Å². The Kier molecular flexibility index (Phi) is 5.15. The number of hydrogen-bond donors (Lipinski definition) is 1. The van der Waals surface area contributed by atoms with Crippen molar-refractivity contribution in [2.75, 3.05) is 0 Å². The Bertz CT molecular complexity index is 901. The number of nitro benzene ring substituents is 1. The fourth-order valence-corrected chi connectivity index (χ4v) is 3.60. The van der Waals surface area contributed by atoms with E-state index in [-0.39, 0.29) is 10.6 Å². The first-order chi connectivity index (χ1) is 11.5. The highest BCUT2D eigenvalue weighted by molar-refractivity contribution is 7.89. The SMILES string of the molecule is Cc1cccc(Oc2ccc(S(=O)(=O)NC(C)(C)C)cc2[N+](=O)[O-])c1. The molecule has 0 heterocycles. The zero-order chi connectivity index (χ0) is 18.8. The van der Waals surface area contributed by atoms with Crippen LogP contribution in [0.5, 0.6) is 11.5 Å². The molecule has 0 aliphatic rings. The summed E-state index contributed by atoms with van der Waals surface area (Å²) >= 11 is 0. The summed E-state index contributed by atoms with van der Waals surface area (Å²) in [6, 6.07) is 10.6. The first-order valence-electron chi connectivity index (χ1n) is 7.55. The predicted molar refractivity (Wildman–Crippen MR) is 94.4 cm³/mol. The highest BCUT2D eigenvalue weighted by Crippen LogP contribution is 2.33. The minimum Gasteiger partial charge on any atom is -0.450 e. The van der Waals surface area contributed by atoms with Crippen molar-refractivity contribution in [1.82, 2.24) is 4.72 Å². The Hall–Kier alpha value is -2.45. The lowest BCUT2D eigenvalue weighted by Gasteiger charge is -2.20. The van der Waals surface area contributed by atoms with E-state index in [1.165, 1.54) is 12.1 Å². The topological polar surface area (TPSA) is 98.5 Å². The normalized spacial score (nSPS) is 12.0. The van der Waals surface area contributed by atoms with Gasteiger partial charge in [0.25, 0.3) is 0 Å². The zero-order valence-electron chi connectivity index (χ0n) is 14.4. The minimum absolute atomic E-state index is 0.0229. The van der Waals surface area contributed by atoms with Crippen LogP contribution in [-0.2, 0) is 10.0 Å². The van der Waals surface area contributed by atoms with Gasteiger partial charge in [0.15, 0.2) is 0 Å². The van der Waals surface area contributed by atoms with E-state index >= 15 is 0 Å². The molecule has 0 aromatic heterocycles. The molecular formula is C17H20N2O5S. The molecule has 0 fully saturated rings. The van der Waals surface area contributed by atoms with Crippen LogP contribution < -0.4 is 9.46 Å². The third kappa shape index (κ3) is 5.01. The van der Waals surface area contributed by atoms with E-state index in [0.717, 1.165) is 11.6 Å². The highest BCUT2D eigenvalue weighted by Gasteiger charge is 2.26. The zero-order valence-corrected chi connectivity index (χ0v) is 15.3. The molecule has 2 aromatic carbocycles. The molecule has 2 aromatic rings. The number of nitrogens with zero attached hydrogens (tertiary/aromatic N) is 1. The fourth-order valence-electron chi connectivity index (χ4n) is 2.16. The number of benzene rings is 2. The fraction of sp³-hybridized carbons (Fsp3) is 0.294. The minimum atomic E-state index is -3.88. The summed E-state index contributed by atoms with van der Waals surface area (Å²) in [5, 5.41) is 11.4. The van der Waals surface area contributed by atoms with Crippen molar-refractivity contribution >= 4 is 15.7 Å². The molecule has 0 aliphatic carbocycles. The van der Waals surface area contributed by atoms with Crippen molar-refractivity contribution in [3.63, 3.8) is 0 Å². The van der Waals surface area contributed by atoms with Crippen LogP contribution in [-0.4, -0.2) is 18.9 Å². The molecule has 0 bridgehead atoms. The Labute approximate surface area is 146 Å². The highest BCUT2D eigenvalue weighted by atomic mass is 32.2. The Morgan fingerprint density at radius 1 is 1.12 bits per heavy atom. The molecule has 0 saturated heterocycles. The monoisotopic (exact) mass is 364 g/mol. The van der Waals surface area contributed by atoms with E-state index in [0.29, 0.717) is 5.75 Å². The van der Waals surface area contributed by atoms with Crippen molar-refractivity contribution in [1.29, 1.82) is 0 Å². The third-order valence-electron chi connectivity index (χ3n) is 3.10. The molecule has 0 radical (unpaired) electrons. The largest absolute Gasteiger partial charge is 0.450 e. The molecule has 0 spiro atoms. The second-order valence-corrected chi connectivity index (χ2v) is 8.34. The molecule has 134 valence electrons. The first-order valence-corrected chi connectivity index (χ1v) is 9.03. The van der Waals surface area contributed by atoms with Gasteiger partial charge in [0.1, 0.15) is 5.75 Å². The predicted octanol–water partition coefficient (Wildman–Crippen LogP) is 3.77.